The maximum Gasteiger partial charge on any atom is 0.306 e. The molecular formula is C59H106O5. The Balaban J connectivity index is 3.48. The Morgan fingerprint density at radius 2 is 0.672 bits per heavy atom. The molecule has 0 saturated carbocycles. The predicted octanol–water partition coefficient (Wildman–Crippen LogP) is 18.6. The lowest BCUT2D eigenvalue weighted by atomic mass is 10.0. The molecule has 0 aromatic carbocycles. The average molecular weight is 895 g/mol. The van der Waals surface area contributed by atoms with Gasteiger partial charge in [-0.3, -0.25) is 9.59 Å². The molecule has 0 amide bonds. The molecule has 0 aliphatic heterocycles. The van der Waals surface area contributed by atoms with Crippen LogP contribution < -0.4 is 0 Å². The normalized spacial score (nSPS) is 12.6. The summed E-state index contributed by atoms with van der Waals surface area (Å²) in [5.41, 5.74) is 0. The van der Waals surface area contributed by atoms with Gasteiger partial charge in [-0.25, -0.2) is 0 Å². The Labute approximate surface area is 398 Å². The number of ether oxygens (including phenoxy) is 2. The summed E-state index contributed by atoms with van der Waals surface area (Å²) >= 11 is 0. The molecule has 0 aromatic rings. The molecule has 5 heteroatoms. The van der Waals surface area contributed by atoms with Gasteiger partial charge in [0.05, 0.1) is 6.61 Å². The van der Waals surface area contributed by atoms with Crippen molar-refractivity contribution in [2.75, 3.05) is 13.2 Å². The Morgan fingerprint density at radius 1 is 0.375 bits per heavy atom. The molecule has 0 aliphatic carbocycles. The quantitative estimate of drug-likeness (QED) is 0.0374. The van der Waals surface area contributed by atoms with Crippen LogP contribution in [0.5, 0.6) is 0 Å². The Morgan fingerprint density at radius 3 is 1.02 bits per heavy atom. The first kappa shape index (κ1) is 61.6. The van der Waals surface area contributed by atoms with Gasteiger partial charge in [0.25, 0.3) is 0 Å². The fourth-order valence-corrected chi connectivity index (χ4v) is 8.17. The van der Waals surface area contributed by atoms with Gasteiger partial charge in [-0.05, 0) is 57.8 Å². The molecule has 1 N–H and O–H groups in total. The highest BCUT2D eigenvalue weighted by molar-refractivity contribution is 5.70. The van der Waals surface area contributed by atoms with Gasteiger partial charge in [-0.1, -0.05) is 274 Å². The summed E-state index contributed by atoms with van der Waals surface area (Å²) in [5.74, 6) is -0.586. The van der Waals surface area contributed by atoms with Crippen LogP contribution in [0, 0.1) is 0 Å². The summed E-state index contributed by atoms with van der Waals surface area (Å²) in [6.07, 6.45) is 73.3. The van der Waals surface area contributed by atoms with E-state index in [2.05, 4.69) is 74.6 Å². The van der Waals surface area contributed by atoms with E-state index in [4.69, 9.17) is 9.47 Å². The van der Waals surface area contributed by atoms with Gasteiger partial charge in [-0.2, -0.15) is 0 Å². The van der Waals surface area contributed by atoms with Crippen molar-refractivity contribution < 1.29 is 24.2 Å². The molecule has 372 valence electrons. The van der Waals surface area contributed by atoms with Crippen LogP contribution in [0.25, 0.3) is 0 Å². The summed E-state index contributed by atoms with van der Waals surface area (Å²) in [4.78, 5) is 24.5. The lowest BCUT2D eigenvalue weighted by Crippen LogP contribution is -2.28. The Hall–Kier alpha value is -2.40. The van der Waals surface area contributed by atoms with Crippen molar-refractivity contribution in [1.82, 2.24) is 0 Å². The van der Waals surface area contributed by atoms with E-state index in [0.29, 0.717) is 12.8 Å². The summed E-state index contributed by atoms with van der Waals surface area (Å²) < 4.78 is 10.7. The van der Waals surface area contributed by atoms with Crippen LogP contribution in [0.3, 0.4) is 0 Å². The molecule has 0 rings (SSSR count). The smallest absolute Gasteiger partial charge is 0.306 e. The van der Waals surface area contributed by atoms with E-state index in [1.807, 2.05) is 0 Å². The Kier molecular flexibility index (Phi) is 52.9. The molecule has 0 heterocycles. The van der Waals surface area contributed by atoms with Crippen molar-refractivity contribution in [2.45, 2.75) is 290 Å². The minimum atomic E-state index is -0.776. The van der Waals surface area contributed by atoms with Gasteiger partial charge in [0, 0.05) is 12.8 Å². The van der Waals surface area contributed by atoms with Crippen molar-refractivity contribution in [3.63, 3.8) is 0 Å². The fourth-order valence-electron chi connectivity index (χ4n) is 8.17. The van der Waals surface area contributed by atoms with Gasteiger partial charge in [0.1, 0.15) is 6.61 Å². The summed E-state index contributed by atoms with van der Waals surface area (Å²) in [6, 6.07) is 0. The first-order chi connectivity index (χ1) is 31.6. The van der Waals surface area contributed by atoms with Crippen molar-refractivity contribution in [3.05, 3.63) is 60.8 Å². The van der Waals surface area contributed by atoms with E-state index in [1.165, 1.54) is 186 Å². The van der Waals surface area contributed by atoms with E-state index >= 15 is 0 Å². The van der Waals surface area contributed by atoms with Crippen molar-refractivity contribution in [2.24, 2.45) is 0 Å². The molecule has 0 aliphatic rings. The van der Waals surface area contributed by atoms with E-state index in [9.17, 15) is 14.7 Å². The largest absolute Gasteiger partial charge is 0.462 e. The van der Waals surface area contributed by atoms with Crippen molar-refractivity contribution in [1.29, 1.82) is 0 Å². The van der Waals surface area contributed by atoms with Crippen LogP contribution in [0.1, 0.15) is 284 Å². The zero-order valence-electron chi connectivity index (χ0n) is 42.5. The second-order valence-corrected chi connectivity index (χ2v) is 18.6. The topological polar surface area (TPSA) is 72.8 Å². The molecule has 5 nitrogen and oxygen atoms in total. The number of esters is 2. The fraction of sp³-hybridized carbons (Fsp3) is 0.797. The highest BCUT2D eigenvalue weighted by Crippen LogP contribution is 2.17. The molecule has 1 atom stereocenters. The Bertz CT molecular complexity index is 1100. The number of carbonyl (C=O) groups excluding carboxylic acids is 2. The highest BCUT2D eigenvalue weighted by Gasteiger charge is 2.16. The third kappa shape index (κ3) is 52.2. The van der Waals surface area contributed by atoms with Gasteiger partial charge in [-0.15, -0.1) is 0 Å². The third-order valence-electron chi connectivity index (χ3n) is 12.3. The second-order valence-electron chi connectivity index (χ2n) is 18.6. The summed E-state index contributed by atoms with van der Waals surface area (Å²) in [7, 11) is 0. The minimum Gasteiger partial charge on any atom is -0.462 e. The standard InChI is InChI=1S/C59H106O5/c1-3-5-7-9-11-13-15-17-19-21-23-25-27-29-31-33-35-37-39-41-43-45-47-49-51-53-58(61)63-56-57(55-60)64-59(62)54-52-50-48-46-44-42-40-38-36-34-32-30-28-26-24-22-20-18-16-14-12-10-8-6-4-2/h6,8,12,14,18,20,24,26,30,32,57,60H,3-5,7,9-11,13,15-17,19,21-23,25,27-29,31,33-56H2,1-2H3/b8-6-,14-12-,20-18-,26-24-,32-30-. The van der Waals surface area contributed by atoms with Crippen LogP contribution in [0.15, 0.2) is 60.8 Å². The van der Waals surface area contributed by atoms with Crippen LogP contribution in [0.4, 0.5) is 0 Å². The number of aliphatic hydroxyl groups is 1. The van der Waals surface area contributed by atoms with Crippen LogP contribution in [-0.2, 0) is 19.1 Å². The lowest BCUT2D eigenvalue weighted by Gasteiger charge is -2.15. The monoisotopic (exact) mass is 895 g/mol. The van der Waals surface area contributed by atoms with Gasteiger partial charge < -0.3 is 14.6 Å². The van der Waals surface area contributed by atoms with E-state index in [0.717, 1.165) is 70.6 Å². The first-order valence-electron chi connectivity index (χ1n) is 27.8. The molecule has 64 heavy (non-hydrogen) atoms. The van der Waals surface area contributed by atoms with Gasteiger partial charge in [0.2, 0.25) is 0 Å². The van der Waals surface area contributed by atoms with Crippen LogP contribution in [0.2, 0.25) is 0 Å². The number of rotatable bonds is 51. The number of hydrogen-bond donors (Lipinski definition) is 1. The maximum atomic E-state index is 12.3. The molecule has 0 aromatic heterocycles. The zero-order valence-corrected chi connectivity index (χ0v) is 42.5. The molecule has 0 spiro atoms. The number of carbonyl (C=O) groups is 2. The minimum absolute atomic E-state index is 0.0666. The summed E-state index contributed by atoms with van der Waals surface area (Å²) in [6.45, 7) is 4.06. The predicted molar refractivity (Wildman–Crippen MR) is 279 cm³/mol. The maximum absolute atomic E-state index is 12.3. The first-order valence-corrected chi connectivity index (χ1v) is 27.8. The van der Waals surface area contributed by atoms with Crippen LogP contribution in [-0.4, -0.2) is 36.4 Å². The zero-order chi connectivity index (χ0) is 46.3. The number of aliphatic hydroxyl groups excluding tert-OH is 1. The average Bonchev–Trinajstić information content (AvgIpc) is 3.30. The second kappa shape index (κ2) is 54.9. The number of unbranched alkanes of at least 4 members (excludes halogenated alkanes) is 33. The third-order valence-corrected chi connectivity index (χ3v) is 12.3. The molecule has 0 radical (unpaired) electrons. The molecule has 0 bridgehead atoms. The van der Waals surface area contributed by atoms with Crippen molar-refractivity contribution >= 4 is 11.9 Å². The van der Waals surface area contributed by atoms with E-state index < -0.39 is 6.10 Å². The van der Waals surface area contributed by atoms with Gasteiger partial charge in [0.15, 0.2) is 6.10 Å². The molecule has 0 fully saturated rings. The highest BCUT2D eigenvalue weighted by atomic mass is 16.6. The molecule has 1 unspecified atom stereocenters. The lowest BCUT2D eigenvalue weighted by molar-refractivity contribution is -0.161. The molecule has 0 saturated heterocycles. The summed E-state index contributed by atoms with van der Waals surface area (Å²) in [5, 5.41) is 9.65. The van der Waals surface area contributed by atoms with E-state index in [-0.39, 0.29) is 25.2 Å². The van der Waals surface area contributed by atoms with Gasteiger partial charge >= 0.3 is 11.9 Å². The van der Waals surface area contributed by atoms with Crippen LogP contribution >= 0.6 is 0 Å². The number of allylic oxidation sites excluding steroid dienone is 10. The SMILES string of the molecule is CC/C=C\C/C=C\C/C=C\C/C=C\C/C=C\CCCCCCCCCCCC(=O)OC(CO)COC(=O)CCCCCCCCCCCCCCCCCCCCCCCCCCC. The van der Waals surface area contributed by atoms with E-state index in [1.54, 1.807) is 0 Å². The van der Waals surface area contributed by atoms with Crippen molar-refractivity contribution in [3.8, 4) is 0 Å². The number of hydrogen-bond acceptors (Lipinski definition) is 5. The molecular weight excluding hydrogens is 789 g/mol.